The highest BCUT2D eigenvalue weighted by Gasteiger charge is 2.20. The quantitative estimate of drug-likeness (QED) is 0.270. The zero-order valence-electron chi connectivity index (χ0n) is 14.8. The van der Waals surface area contributed by atoms with Crippen molar-refractivity contribution in [2.45, 2.75) is 27.2 Å². The molecule has 3 N–H and O–H groups in total. The van der Waals surface area contributed by atoms with Crippen LogP contribution in [0.2, 0.25) is 0 Å². The number of halogens is 2. The summed E-state index contributed by atoms with van der Waals surface area (Å²) in [7, 11) is 1.70. The molecule has 0 atom stereocenters. The van der Waals surface area contributed by atoms with Gasteiger partial charge in [0.25, 0.3) is 0 Å². The number of nitrogens with zero attached hydrogens (tertiary/aromatic N) is 1. The van der Waals surface area contributed by atoms with E-state index in [4.69, 9.17) is 0 Å². The fourth-order valence-electron chi connectivity index (χ4n) is 1.82. The lowest BCUT2D eigenvalue weighted by molar-refractivity contribution is -0.128. The highest BCUT2D eigenvalue weighted by molar-refractivity contribution is 14.0. The van der Waals surface area contributed by atoms with Crippen LogP contribution in [0.3, 0.4) is 0 Å². The van der Waals surface area contributed by atoms with Crippen LogP contribution in [0.15, 0.2) is 29.3 Å². The van der Waals surface area contributed by atoms with Crippen molar-refractivity contribution in [2.24, 2.45) is 10.4 Å². The number of guanidine groups is 1. The topological polar surface area (TPSA) is 65.5 Å². The molecule has 0 unspecified atom stereocenters. The van der Waals surface area contributed by atoms with Crippen molar-refractivity contribution in [3.05, 3.63) is 35.6 Å². The first-order chi connectivity index (χ1) is 10.8. The SMILES string of the molecule is CN=C(NCCNC(=O)C(C)(C)C)NCCc1ccc(F)cc1.I. The van der Waals surface area contributed by atoms with Crippen LogP contribution in [0.1, 0.15) is 26.3 Å². The molecule has 1 aromatic rings. The van der Waals surface area contributed by atoms with Crippen molar-refractivity contribution in [1.82, 2.24) is 16.0 Å². The van der Waals surface area contributed by atoms with E-state index in [-0.39, 0.29) is 41.1 Å². The van der Waals surface area contributed by atoms with Crippen molar-refractivity contribution in [3.8, 4) is 0 Å². The second-order valence-electron chi connectivity index (χ2n) is 6.31. The van der Waals surface area contributed by atoms with Crippen molar-refractivity contribution in [3.63, 3.8) is 0 Å². The number of nitrogens with one attached hydrogen (secondary N) is 3. The molecular weight excluding hydrogens is 422 g/mol. The molecule has 0 radical (unpaired) electrons. The zero-order chi connectivity index (χ0) is 17.3. The van der Waals surface area contributed by atoms with Crippen molar-refractivity contribution < 1.29 is 9.18 Å². The number of carbonyl (C=O) groups is 1. The lowest BCUT2D eigenvalue weighted by Gasteiger charge is -2.18. The minimum absolute atomic E-state index is 0. The van der Waals surface area contributed by atoms with Crippen molar-refractivity contribution in [1.29, 1.82) is 0 Å². The van der Waals surface area contributed by atoms with E-state index in [9.17, 15) is 9.18 Å². The molecule has 0 saturated heterocycles. The molecule has 0 aromatic heterocycles. The van der Waals surface area contributed by atoms with E-state index >= 15 is 0 Å². The van der Waals surface area contributed by atoms with Crippen molar-refractivity contribution >= 4 is 35.8 Å². The summed E-state index contributed by atoms with van der Waals surface area (Å²) >= 11 is 0. The van der Waals surface area contributed by atoms with Crippen LogP contribution in [0.5, 0.6) is 0 Å². The number of aliphatic imine (C=N–C) groups is 1. The van der Waals surface area contributed by atoms with Crippen LogP contribution in [-0.2, 0) is 11.2 Å². The zero-order valence-corrected chi connectivity index (χ0v) is 17.1. The third kappa shape index (κ3) is 9.05. The Hall–Kier alpha value is -1.38. The summed E-state index contributed by atoms with van der Waals surface area (Å²) in [6.07, 6.45) is 0.780. The monoisotopic (exact) mass is 450 g/mol. The van der Waals surface area contributed by atoms with E-state index in [0.717, 1.165) is 12.0 Å². The lowest BCUT2D eigenvalue weighted by atomic mass is 9.96. The minimum Gasteiger partial charge on any atom is -0.356 e. The first-order valence-corrected chi connectivity index (χ1v) is 7.80. The number of hydrogen-bond acceptors (Lipinski definition) is 2. The summed E-state index contributed by atoms with van der Waals surface area (Å²) < 4.78 is 12.8. The maximum absolute atomic E-state index is 12.8. The lowest BCUT2D eigenvalue weighted by Crippen LogP contribution is -2.43. The third-order valence-corrected chi connectivity index (χ3v) is 3.23. The Labute approximate surface area is 160 Å². The van der Waals surface area contributed by atoms with Gasteiger partial charge in [-0.25, -0.2) is 4.39 Å². The summed E-state index contributed by atoms with van der Waals surface area (Å²) in [6.45, 7) is 7.47. The summed E-state index contributed by atoms with van der Waals surface area (Å²) in [4.78, 5) is 15.8. The maximum atomic E-state index is 12.8. The normalized spacial score (nSPS) is 11.5. The first-order valence-electron chi connectivity index (χ1n) is 7.80. The molecule has 1 rings (SSSR count). The number of rotatable bonds is 6. The standard InChI is InChI=1S/C17H27FN4O.HI/c1-17(2,3)15(23)20-11-12-22-16(19-4)21-10-9-13-5-7-14(18)8-6-13;/h5-8H,9-12H2,1-4H3,(H,20,23)(H2,19,21,22);1H. The van der Waals surface area contributed by atoms with Gasteiger partial charge in [-0.3, -0.25) is 9.79 Å². The maximum Gasteiger partial charge on any atom is 0.225 e. The van der Waals surface area contributed by atoms with E-state index in [1.165, 1.54) is 12.1 Å². The smallest absolute Gasteiger partial charge is 0.225 e. The van der Waals surface area contributed by atoms with Gasteiger partial charge in [0.1, 0.15) is 5.82 Å². The predicted molar refractivity (Wildman–Crippen MR) is 107 cm³/mol. The van der Waals surface area contributed by atoms with Crippen LogP contribution in [0, 0.1) is 11.2 Å². The van der Waals surface area contributed by atoms with Gasteiger partial charge in [0.2, 0.25) is 5.91 Å². The van der Waals surface area contributed by atoms with Crippen LogP contribution < -0.4 is 16.0 Å². The fraction of sp³-hybridized carbons (Fsp3) is 0.529. The molecular formula is C17H28FIN4O. The molecule has 24 heavy (non-hydrogen) atoms. The Morgan fingerprint density at radius 1 is 1.04 bits per heavy atom. The number of carbonyl (C=O) groups excluding carboxylic acids is 1. The molecule has 0 aliphatic carbocycles. The molecule has 136 valence electrons. The Morgan fingerprint density at radius 2 is 1.58 bits per heavy atom. The van der Waals surface area contributed by atoms with Crippen LogP contribution >= 0.6 is 24.0 Å². The van der Waals surface area contributed by atoms with Crippen LogP contribution in [-0.4, -0.2) is 38.5 Å². The molecule has 0 aliphatic rings. The number of benzene rings is 1. The number of amides is 1. The highest BCUT2D eigenvalue weighted by Crippen LogP contribution is 2.11. The fourth-order valence-corrected chi connectivity index (χ4v) is 1.82. The summed E-state index contributed by atoms with van der Waals surface area (Å²) in [5.74, 6) is 0.479. The summed E-state index contributed by atoms with van der Waals surface area (Å²) in [5.41, 5.74) is 0.682. The molecule has 0 heterocycles. The van der Waals surface area contributed by atoms with Crippen molar-refractivity contribution in [2.75, 3.05) is 26.7 Å². The molecule has 0 spiro atoms. The third-order valence-electron chi connectivity index (χ3n) is 3.23. The second-order valence-corrected chi connectivity index (χ2v) is 6.31. The molecule has 0 aliphatic heterocycles. The van der Waals surface area contributed by atoms with Gasteiger partial charge < -0.3 is 16.0 Å². The predicted octanol–water partition coefficient (Wildman–Crippen LogP) is 2.31. The van der Waals surface area contributed by atoms with Crippen LogP contribution in [0.4, 0.5) is 4.39 Å². The van der Waals surface area contributed by atoms with E-state index in [2.05, 4.69) is 20.9 Å². The number of hydrogen-bond donors (Lipinski definition) is 3. The average Bonchev–Trinajstić information content (AvgIpc) is 2.50. The van der Waals surface area contributed by atoms with E-state index in [0.29, 0.717) is 25.6 Å². The Balaban J connectivity index is 0.00000529. The van der Waals surface area contributed by atoms with Gasteiger partial charge in [-0.15, -0.1) is 24.0 Å². The van der Waals surface area contributed by atoms with Gasteiger partial charge in [0, 0.05) is 32.1 Å². The Morgan fingerprint density at radius 3 is 2.12 bits per heavy atom. The van der Waals surface area contributed by atoms with Gasteiger partial charge in [0.05, 0.1) is 0 Å². The van der Waals surface area contributed by atoms with Gasteiger partial charge in [0.15, 0.2) is 5.96 Å². The Bertz CT molecular complexity index is 526. The van der Waals surface area contributed by atoms with Crippen LogP contribution in [0.25, 0.3) is 0 Å². The van der Waals surface area contributed by atoms with Gasteiger partial charge >= 0.3 is 0 Å². The van der Waals surface area contributed by atoms with Gasteiger partial charge in [-0.1, -0.05) is 32.9 Å². The summed E-state index contributed by atoms with van der Waals surface area (Å²) in [5, 5.41) is 9.19. The van der Waals surface area contributed by atoms with E-state index in [1.54, 1.807) is 19.2 Å². The Kier molecular flexibility index (Phi) is 10.6. The molecule has 0 bridgehead atoms. The van der Waals surface area contributed by atoms with E-state index < -0.39 is 0 Å². The minimum atomic E-state index is -0.380. The second kappa shape index (κ2) is 11.2. The summed E-state index contributed by atoms with van der Waals surface area (Å²) in [6, 6.07) is 6.46. The molecule has 1 aromatic carbocycles. The van der Waals surface area contributed by atoms with Gasteiger partial charge in [-0.2, -0.15) is 0 Å². The van der Waals surface area contributed by atoms with E-state index in [1.807, 2.05) is 20.8 Å². The highest BCUT2D eigenvalue weighted by atomic mass is 127. The average molecular weight is 450 g/mol. The van der Waals surface area contributed by atoms with Gasteiger partial charge in [-0.05, 0) is 24.1 Å². The molecule has 0 saturated carbocycles. The molecule has 7 heteroatoms. The largest absolute Gasteiger partial charge is 0.356 e. The first kappa shape index (κ1) is 22.6. The molecule has 0 fully saturated rings. The molecule has 1 amide bonds. The molecule has 5 nitrogen and oxygen atoms in total.